The molecule has 0 spiro atoms. The molecule has 0 heterocycles. The zero-order chi connectivity index (χ0) is 20.0. The largest absolute Gasteiger partial charge is 0.481 e. The molecular weight excluding hydrogens is 356 g/mol. The highest BCUT2D eigenvalue weighted by molar-refractivity contribution is 5.99. The Bertz CT molecular complexity index is 705. The molecule has 3 N–H and O–H groups in total. The summed E-state index contributed by atoms with van der Waals surface area (Å²) < 4.78 is 9.30. The SMILES string of the molecule is COC(=O)c1cc(NC(=O)NC2CCC(C(=O)O)CC2)cc(C(=O)OC)c1. The van der Waals surface area contributed by atoms with Crippen molar-refractivity contribution in [3.05, 3.63) is 29.3 Å². The number of benzene rings is 1. The van der Waals surface area contributed by atoms with Gasteiger partial charge in [0.05, 0.1) is 31.3 Å². The average Bonchev–Trinajstić information content (AvgIpc) is 2.66. The zero-order valence-electron chi connectivity index (χ0n) is 15.1. The molecule has 9 nitrogen and oxygen atoms in total. The maximum atomic E-state index is 12.2. The lowest BCUT2D eigenvalue weighted by Gasteiger charge is -2.26. The number of urea groups is 1. The van der Waals surface area contributed by atoms with Gasteiger partial charge in [0.2, 0.25) is 0 Å². The number of amides is 2. The first-order valence-electron chi connectivity index (χ1n) is 8.46. The normalized spacial score (nSPS) is 18.9. The lowest BCUT2D eigenvalue weighted by molar-refractivity contribution is -0.142. The predicted molar refractivity (Wildman–Crippen MR) is 94.7 cm³/mol. The first-order chi connectivity index (χ1) is 12.8. The van der Waals surface area contributed by atoms with Crippen LogP contribution < -0.4 is 10.6 Å². The number of anilines is 1. The highest BCUT2D eigenvalue weighted by Gasteiger charge is 2.26. The third kappa shape index (κ3) is 5.44. The molecule has 0 bridgehead atoms. The van der Waals surface area contributed by atoms with Gasteiger partial charge in [-0.15, -0.1) is 0 Å². The molecule has 1 fully saturated rings. The molecule has 0 unspecified atom stereocenters. The lowest BCUT2D eigenvalue weighted by Crippen LogP contribution is -2.41. The van der Waals surface area contributed by atoms with E-state index in [4.69, 9.17) is 5.11 Å². The number of carbonyl (C=O) groups excluding carboxylic acids is 3. The van der Waals surface area contributed by atoms with Crippen LogP contribution in [0.2, 0.25) is 0 Å². The monoisotopic (exact) mass is 378 g/mol. The first kappa shape index (κ1) is 20.2. The maximum absolute atomic E-state index is 12.2. The molecule has 1 aliphatic carbocycles. The molecule has 27 heavy (non-hydrogen) atoms. The van der Waals surface area contributed by atoms with Crippen LogP contribution in [0.4, 0.5) is 10.5 Å². The highest BCUT2D eigenvalue weighted by Crippen LogP contribution is 2.24. The highest BCUT2D eigenvalue weighted by atomic mass is 16.5. The lowest BCUT2D eigenvalue weighted by atomic mass is 9.86. The summed E-state index contributed by atoms with van der Waals surface area (Å²) in [4.78, 5) is 46.7. The molecule has 2 rings (SSSR count). The summed E-state index contributed by atoms with van der Waals surface area (Å²) >= 11 is 0. The Kier molecular flexibility index (Phi) is 6.75. The minimum Gasteiger partial charge on any atom is -0.481 e. The molecule has 146 valence electrons. The quantitative estimate of drug-likeness (QED) is 0.668. The van der Waals surface area contributed by atoms with Crippen LogP contribution in [-0.2, 0) is 14.3 Å². The number of methoxy groups -OCH3 is 2. The number of nitrogens with one attached hydrogen (secondary N) is 2. The van der Waals surface area contributed by atoms with E-state index in [1.165, 1.54) is 32.4 Å². The van der Waals surface area contributed by atoms with E-state index >= 15 is 0 Å². The fraction of sp³-hybridized carbons (Fsp3) is 0.444. The van der Waals surface area contributed by atoms with Crippen molar-refractivity contribution >= 4 is 29.6 Å². The summed E-state index contributed by atoms with van der Waals surface area (Å²) in [5.74, 6) is -2.49. The van der Waals surface area contributed by atoms with Crippen LogP contribution >= 0.6 is 0 Å². The van der Waals surface area contributed by atoms with Gasteiger partial charge in [0.1, 0.15) is 0 Å². The van der Waals surface area contributed by atoms with Crippen LogP contribution in [0.25, 0.3) is 0 Å². The van der Waals surface area contributed by atoms with Crippen molar-refractivity contribution < 1.29 is 33.8 Å². The van der Waals surface area contributed by atoms with E-state index in [1.807, 2.05) is 0 Å². The van der Waals surface area contributed by atoms with Gasteiger partial charge in [-0.1, -0.05) is 0 Å². The summed E-state index contributed by atoms with van der Waals surface area (Å²) in [6.45, 7) is 0. The van der Waals surface area contributed by atoms with E-state index in [0.717, 1.165) is 0 Å². The number of aliphatic carboxylic acids is 1. The predicted octanol–water partition coefficient (Wildman–Crippen LogP) is 2.02. The van der Waals surface area contributed by atoms with E-state index < -0.39 is 23.9 Å². The van der Waals surface area contributed by atoms with Gasteiger partial charge < -0.3 is 25.2 Å². The molecule has 0 aliphatic heterocycles. The summed E-state index contributed by atoms with van der Waals surface area (Å²) in [6, 6.07) is 3.45. The second kappa shape index (κ2) is 9.02. The Morgan fingerprint density at radius 1 is 0.926 bits per heavy atom. The van der Waals surface area contributed by atoms with Gasteiger partial charge in [-0.25, -0.2) is 14.4 Å². The number of rotatable bonds is 5. The van der Waals surface area contributed by atoms with E-state index in [2.05, 4.69) is 20.1 Å². The number of hydrogen-bond donors (Lipinski definition) is 3. The standard InChI is InChI=1S/C18H22N2O7/c1-26-16(23)11-7-12(17(24)27-2)9-14(8-11)20-18(25)19-13-5-3-10(4-6-13)15(21)22/h7-10,13H,3-6H2,1-2H3,(H,21,22)(H2,19,20,25). The smallest absolute Gasteiger partial charge is 0.337 e. The summed E-state index contributed by atoms with van der Waals surface area (Å²) in [5.41, 5.74) is 0.422. The van der Waals surface area contributed by atoms with Gasteiger partial charge in [-0.2, -0.15) is 0 Å². The van der Waals surface area contributed by atoms with Gasteiger partial charge >= 0.3 is 23.9 Å². The molecule has 0 saturated heterocycles. The van der Waals surface area contributed by atoms with Crippen molar-refractivity contribution in [1.29, 1.82) is 0 Å². The van der Waals surface area contributed by atoms with Crippen LogP contribution in [-0.4, -0.2) is 49.3 Å². The van der Waals surface area contributed by atoms with Crippen molar-refractivity contribution in [2.75, 3.05) is 19.5 Å². The molecular formula is C18H22N2O7. The van der Waals surface area contributed by atoms with Gasteiger partial charge in [-0.05, 0) is 43.9 Å². The minimum atomic E-state index is -0.812. The number of carboxylic acid groups (broad SMARTS) is 1. The fourth-order valence-electron chi connectivity index (χ4n) is 3.01. The molecule has 1 aliphatic rings. The third-order valence-corrected chi connectivity index (χ3v) is 4.44. The van der Waals surface area contributed by atoms with Gasteiger partial charge in [0.15, 0.2) is 0 Å². The fourth-order valence-corrected chi connectivity index (χ4v) is 3.01. The first-order valence-corrected chi connectivity index (χ1v) is 8.46. The van der Waals surface area contributed by atoms with Crippen LogP contribution in [0.1, 0.15) is 46.4 Å². The Morgan fingerprint density at radius 3 is 1.89 bits per heavy atom. The molecule has 1 aromatic rings. The topological polar surface area (TPSA) is 131 Å². The van der Waals surface area contributed by atoms with Crippen LogP contribution in [0, 0.1) is 5.92 Å². The van der Waals surface area contributed by atoms with E-state index in [-0.39, 0.29) is 28.8 Å². The number of ether oxygens (including phenoxy) is 2. The molecule has 0 radical (unpaired) electrons. The molecule has 2 amide bonds. The van der Waals surface area contributed by atoms with E-state index in [1.54, 1.807) is 0 Å². The van der Waals surface area contributed by atoms with E-state index in [9.17, 15) is 19.2 Å². The Balaban J connectivity index is 2.05. The zero-order valence-corrected chi connectivity index (χ0v) is 15.1. The Labute approximate surface area is 156 Å². The number of esters is 2. The van der Waals surface area contributed by atoms with Crippen LogP contribution in [0.15, 0.2) is 18.2 Å². The third-order valence-electron chi connectivity index (χ3n) is 4.44. The molecule has 1 saturated carbocycles. The Morgan fingerprint density at radius 2 is 1.44 bits per heavy atom. The molecule has 1 aromatic carbocycles. The molecule has 0 atom stereocenters. The van der Waals surface area contributed by atoms with Crippen molar-refractivity contribution in [2.24, 2.45) is 5.92 Å². The van der Waals surface area contributed by atoms with Crippen LogP contribution in [0.5, 0.6) is 0 Å². The summed E-state index contributed by atoms with van der Waals surface area (Å²) in [5, 5.41) is 14.4. The number of hydrogen-bond acceptors (Lipinski definition) is 6. The van der Waals surface area contributed by atoms with Gasteiger partial charge in [0.25, 0.3) is 0 Å². The number of carboxylic acids is 1. The molecule has 9 heteroatoms. The second-order valence-corrected chi connectivity index (χ2v) is 6.27. The Hall–Kier alpha value is -3.10. The van der Waals surface area contributed by atoms with Gasteiger partial charge in [0, 0.05) is 11.7 Å². The van der Waals surface area contributed by atoms with Crippen molar-refractivity contribution in [2.45, 2.75) is 31.7 Å². The number of carbonyl (C=O) groups is 4. The van der Waals surface area contributed by atoms with Crippen LogP contribution in [0.3, 0.4) is 0 Å². The summed E-state index contributed by atoms with van der Waals surface area (Å²) in [6.07, 6.45) is 2.15. The van der Waals surface area contributed by atoms with Crippen molar-refractivity contribution in [3.63, 3.8) is 0 Å². The minimum absolute atomic E-state index is 0.0951. The molecule has 0 aromatic heterocycles. The van der Waals surface area contributed by atoms with Crippen molar-refractivity contribution in [1.82, 2.24) is 5.32 Å². The second-order valence-electron chi connectivity index (χ2n) is 6.27. The maximum Gasteiger partial charge on any atom is 0.337 e. The summed E-state index contributed by atoms with van der Waals surface area (Å²) in [7, 11) is 2.42. The van der Waals surface area contributed by atoms with E-state index in [0.29, 0.717) is 25.7 Å². The van der Waals surface area contributed by atoms with Gasteiger partial charge in [-0.3, -0.25) is 4.79 Å². The average molecular weight is 378 g/mol. The van der Waals surface area contributed by atoms with Crippen molar-refractivity contribution in [3.8, 4) is 0 Å².